The number of thiophene rings is 1. The second kappa shape index (κ2) is 7.68. The second-order valence-electron chi connectivity index (χ2n) is 4.89. The molecule has 7 nitrogen and oxygen atoms in total. The smallest absolute Gasteiger partial charge is 0.348 e. The molecule has 0 aliphatic heterocycles. The van der Waals surface area contributed by atoms with E-state index in [-0.39, 0.29) is 10.4 Å². The summed E-state index contributed by atoms with van der Waals surface area (Å²) < 4.78 is 15.0. The van der Waals surface area contributed by atoms with Crippen molar-refractivity contribution in [3.8, 4) is 17.6 Å². The Morgan fingerprint density at radius 2 is 1.84 bits per heavy atom. The van der Waals surface area contributed by atoms with Gasteiger partial charge in [-0.15, -0.1) is 11.3 Å². The van der Waals surface area contributed by atoms with Gasteiger partial charge in [0.05, 0.1) is 26.9 Å². The highest BCUT2D eigenvalue weighted by Gasteiger charge is 2.22. The van der Waals surface area contributed by atoms with Crippen LogP contribution in [0.15, 0.2) is 18.2 Å². The molecular weight excluding hydrogens is 344 g/mol. The predicted octanol–water partition coefficient (Wildman–Crippen LogP) is 2.98. The lowest BCUT2D eigenvalue weighted by Gasteiger charge is -2.09. The summed E-state index contributed by atoms with van der Waals surface area (Å²) in [5, 5.41) is 12.3. The Kier molecular flexibility index (Phi) is 5.62. The van der Waals surface area contributed by atoms with Gasteiger partial charge in [-0.3, -0.25) is 4.79 Å². The topological polar surface area (TPSA) is 97.7 Å². The Bertz CT molecular complexity index is 867. The van der Waals surface area contributed by atoms with Crippen molar-refractivity contribution in [2.24, 2.45) is 0 Å². The molecule has 1 aromatic heterocycles. The minimum atomic E-state index is -0.550. The highest BCUT2D eigenvalue weighted by Crippen LogP contribution is 2.34. The molecule has 1 N–H and O–H groups in total. The number of amides is 1. The summed E-state index contributed by atoms with van der Waals surface area (Å²) in [7, 11) is 4.23. The molecule has 0 aliphatic rings. The van der Waals surface area contributed by atoms with Crippen molar-refractivity contribution >= 4 is 28.2 Å². The molecule has 1 aromatic carbocycles. The summed E-state index contributed by atoms with van der Waals surface area (Å²) in [5.41, 5.74) is 1.04. The average molecular weight is 360 g/mol. The van der Waals surface area contributed by atoms with Gasteiger partial charge in [-0.05, 0) is 30.7 Å². The van der Waals surface area contributed by atoms with Crippen LogP contribution < -0.4 is 14.8 Å². The van der Waals surface area contributed by atoms with Crippen molar-refractivity contribution in [2.75, 3.05) is 26.6 Å². The van der Waals surface area contributed by atoms with Crippen LogP contribution in [0.2, 0.25) is 0 Å². The number of nitrogens with zero attached hydrogens (tertiary/aromatic N) is 1. The maximum absolute atomic E-state index is 12.5. The third kappa shape index (κ3) is 3.56. The first-order chi connectivity index (χ1) is 12.0. The van der Waals surface area contributed by atoms with E-state index in [0.29, 0.717) is 27.6 Å². The highest BCUT2D eigenvalue weighted by molar-refractivity contribution is 7.18. The van der Waals surface area contributed by atoms with Crippen molar-refractivity contribution in [1.29, 1.82) is 5.26 Å². The van der Waals surface area contributed by atoms with E-state index in [1.54, 1.807) is 19.1 Å². The van der Waals surface area contributed by atoms with E-state index in [2.05, 4.69) is 5.32 Å². The molecule has 0 saturated heterocycles. The first-order valence-electron chi connectivity index (χ1n) is 7.12. The number of hydrogen-bond donors (Lipinski definition) is 1. The van der Waals surface area contributed by atoms with Gasteiger partial charge in [0.15, 0.2) is 11.5 Å². The van der Waals surface area contributed by atoms with Gasteiger partial charge in [0, 0.05) is 5.56 Å². The van der Waals surface area contributed by atoms with Gasteiger partial charge < -0.3 is 19.5 Å². The third-order valence-corrected chi connectivity index (χ3v) is 4.69. The van der Waals surface area contributed by atoms with Crippen molar-refractivity contribution in [2.45, 2.75) is 6.92 Å². The van der Waals surface area contributed by atoms with E-state index >= 15 is 0 Å². The third-order valence-electron chi connectivity index (χ3n) is 3.50. The number of benzene rings is 1. The molecule has 0 saturated carbocycles. The van der Waals surface area contributed by atoms with E-state index in [4.69, 9.17) is 14.2 Å². The Balaban J connectivity index is 2.35. The lowest BCUT2D eigenvalue weighted by Crippen LogP contribution is -2.12. The SMILES string of the molecule is COC(=O)c1sc(NC(=O)c2ccc(OC)c(OC)c2)c(C#N)c1C. The zero-order valence-electron chi connectivity index (χ0n) is 14.1. The molecule has 0 radical (unpaired) electrons. The van der Waals surface area contributed by atoms with Gasteiger partial charge in [-0.2, -0.15) is 5.26 Å². The summed E-state index contributed by atoms with van der Waals surface area (Å²) in [6.45, 7) is 1.63. The van der Waals surface area contributed by atoms with Gasteiger partial charge in [0.1, 0.15) is 15.9 Å². The molecule has 0 aliphatic carbocycles. The molecule has 2 aromatic rings. The quantitative estimate of drug-likeness (QED) is 0.823. The minimum absolute atomic E-state index is 0.235. The fraction of sp³-hybridized carbons (Fsp3) is 0.235. The van der Waals surface area contributed by atoms with Gasteiger partial charge >= 0.3 is 5.97 Å². The monoisotopic (exact) mass is 360 g/mol. The summed E-state index contributed by atoms with van der Waals surface area (Å²) in [6.07, 6.45) is 0. The van der Waals surface area contributed by atoms with E-state index < -0.39 is 11.9 Å². The zero-order valence-corrected chi connectivity index (χ0v) is 14.9. The first kappa shape index (κ1) is 18.3. The molecule has 8 heteroatoms. The van der Waals surface area contributed by atoms with E-state index in [1.165, 1.54) is 27.4 Å². The Morgan fingerprint density at radius 1 is 1.16 bits per heavy atom. The highest BCUT2D eigenvalue weighted by atomic mass is 32.1. The number of methoxy groups -OCH3 is 3. The van der Waals surface area contributed by atoms with Crippen LogP contribution in [0, 0.1) is 18.3 Å². The standard InChI is InChI=1S/C17H16N2O5S/c1-9-11(8-18)16(25-14(9)17(21)24-4)19-15(20)10-5-6-12(22-2)13(7-10)23-3/h5-7H,1-4H3,(H,19,20). The van der Waals surface area contributed by atoms with Gasteiger partial charge in [0.2, 0.25) is 0 Å². The van der Waals surface area contributed by atoms with Gasteiger partial charge in [0.25, 0.3) is 5.91 Å². The molecule has 0 unspecified atom stereocenters. The van der Waals surface area contributed by atoms with Crippen LogP contribution in [0.3, 0.4) is 0 Å². The molecular formula is C17H16N2O5S. The van der Waals surface area contributed by atoms with E-state index in [1.807, 2.05) is 6.07 Å². The molecule has 0 bridgehead atoms. The molecule has 0 spiro atoms. The van der Waals surface area contributed by atoms with Crippen molar-refractivity contribution in [3.05, 3.63) is 39.8 Å². The molecule has 2 rings (SSSR count). The summed E-state index contributed by atoms with van der Waals surface area (Å²) in [5.74, 6) is -0.0780. The molecule has 25 heavy (non-hydrogen) atoms. The zero-order chi connectivity index (χ0) is 18.6. The largest absolute Gasteiger partial charge is 0.493 e. The summed E-state index contributed by atoms with van der Waals surface area (Å²) in [4.78, 5) is 24.5. The number of anilines is 1. The van der Waals surface area contributed by atoms with E-state index in [9.17, 15) is 14.9 Å². The maximum Gasteiger partial charge on any atom is 0.348 e. The number of esters is 1. The van der Waals surface area contributed by atoms with Crippen LogP contribution in [-0.4, -0.2) is 33.2 Å². The molecule has 0 atom stereocenters. The van der Waals surface area contributed by atoms with Crippen LogP contribution in [0.5, 0.6) is 11.5 Å². The van der Waals surface area contributed by atoms with Crippen LogP contribution in [0.1, 0.15) is 31.2 Å². The van der Waals surface area contributed by atoms with E-state index in [0.717, 1.165) is 11.3 Å². The lowest BCUT2D eigenvalue weighted by molar-refractivity contribution is 0.0605. The van der Waals surface area contributed by atoms with Crippen molar-refractivity contribution in [1.82, 2.24) is 0 Å². The normalized spacial score (nSPS) is 9.88. The number of carbonyl (C=O) groups excluding carboxylic acids is 2. The predicted molar refractivity (Wildman–Crippen MR) is 92.6 cm³/mol. The first-order valence-corrected chi connectivity index (χ1v) is 7.93. The fourth-order valence-corrected chi connectivity index (χ4v) is 3.25. The van der Waals surface area contributed by atoms with Gasteiger partial charge in [-0.1, -0.05) is 0 Å². The number of nitriles is 1. The second-order valence-corrected chi connectivity index (χ2v) is 5.91. The number of rotatable bonds is 5. The minimum Gasteiger partial charge on any atom is -0.493 e. The van der Waals surface area contributed by atoms with Gasteiger partial charge in [-0.25, -0.2) is 4.79 Å². The number of carbonyl (C=O) groups is 2. The lowest BCUT2D eigenvalue weighted by atomic mass is 10.1. The van der Waals surface area contributed by atoms with Crippen molar-refractivity contribution < 1.29 is 23.8 Å². The number of nitrogens with one attached hydrogen (secondary N) is 1. The van der Waals surface area contributed by atoms with Crippen LogP contribution >= 0.6 is 11.3 Å². The summed E-state index contributed by atoms with van der Waals surface area (Å²) >= 11 is 0.999. The van der Waals surface area contributed by atoms with Crippen LogP contribution in [-0.2, 0) is 4.74 Å². The number of ether oxygens (including phenoxy) is 3. The number of hydrogen-bond acceptors (Lipinski definition) is 7. The Hall–Kier alpha value is -3.05. The maximum atomic E-state index is 12.5. The summed E-state index contributed by atoms with van der Waals surface area (Å²) in [6, 6.07) is 6.72. The average Bonchev–Trinajstić information content (AvgIpc) is 2.95. The Labute approximate surface area is 148 Å². The Morgan fingerprint density at radius 3 is 2.40 bits per heavy atom. The molecule has 0 fully saturated rings. The van der Waals surface area contributed by atoms with Crippen molar-refractivity contribution in [3.63, 3.8) is 0 Å². The molecule has 1 amide bonds. The van der Waals surface area contributed by atoms with Crippen LogP contribution in [0.4, 0.5) is 5.00 Å². The van der Waals surface area contributed by atoms with Crippen LogP contribution in [0.25, 0.3) is 0 Å². The molecule has 1 heterocycles. The molecule has 130 valence electrons. The fourth-order valence-electron chi connectivity index (χ4n) is 2.18.